The van der Waals surface area contributed by atoms with E-state index in [-0.39, 0.29) is 0 Å². The fourth-order valence-electron chi connectivity index (χ4n) is 1.01. The average Bonchev–Trinajstić information content (AvgIpc) is 2.87. The molecule has 1 aliphatic carbocycles. The van der Waals surface area contributed by atoms with Crippen molar-refractivity contribution in [2.24, 2.45) is 0 Å². The second-order valence-electron chi connectivity index (χ2n) is 2.85. The molecule has 1 aliphatic rings. The second-order valence-corrected chi connectivity index (χ2v) is 2.85. The van der Waals surface area contributed by atoms with Gasteiger partial charge < -0.3 is 0 Å². The minimum Gasteiger partial charge on any atom is -0.240 e. The summed E-state index contributed by atoms with van der Waals surface area (Å²) in [4.78, 5) is 8.46. The van der Waals surface area contributed by atoms with Gasteiger partial charge in [0.25, 0.3) is 0 Å². The predicted molar refractivity (Wildman–Crippen MR) is 44.1 cm³/mol. The zero-order chi connectivity index (χ0) is 7.68. The highest BCUT2D eigenvalue weighted by Gasteiger charge is 2.25. The molecule has 0 saturated heterocycles. The van der Waals surface area contributed by atoms with E-state index in [1.807, 2.05) is 12.4 Å². The molecule has 2 rings (SSSR count). The third-order valence-electron chi connectivity index (χ3n) is 1.87. The Morgan fingerprint density at radius 3 is 2.45 bits per heavy atom. The molecule has 11 heavy (non-hydrogen) atoms. The van der Waals surface area contributed by atoms with Crippen LogP contribution >= 0.6 is 0 Å². The van der Waals surface area contributed by atoms with Gasteiger partial charge in [-0.15, -0.1) is 0 Å². The standard InChI is InChI=1S/C9H10N2/c1-2-7-5-10-9(11-6-7)8-3-4-8/h2,5-6,8H,1,3-4H2. The molecule has 0 N–H and O–H groups in total. The molecule has 2 nitrogen and oxygen atoms in total. The predicted octanol–water partition coefficient (Wildman–Crippen LogP) is 2.00. The number of rotatable bonds is 2. The summed E-state index contributed by atoms with van der Waals surface area (Å²) in [6, 6.07) is 0. The molecule has 1 heterocycles. The van der Waals surface area contributed by atoms with Gasteiger partial charge in [-0.3, -0.25) is 0 Å². The highest BCUT2D eigenvalue weighted by molar-refractivity contribution is 5.43. The van der Waals surface area contributed by atoms with Crippen LogP contribution in [0.25, 0.3) is 6.08 Å². The first-order valence-electron chi connectivity index (χ1n) is 3.84. The lowest BCUT2D eigenvalue weighted by atomic mass is 10.3. The third-order valence-corrected chi connectivity index (χ3v) is 1.87. The van der Waals surface area contributed by atoms with Crippen LogP contribution < -0.4 is 0 Å². The zero-order valence-electron chi connectivity index (χ0n) is 6.33. The topological polar surface area (TPSA) is 25.8 Å². The summed E-state index contributed by atoms with van der Waals surface area (Å²) in [7, 11) is 0. The van der Waals surface area contributed by atoms with Crippen molar-refractivity contribution < 1.29 is 0 Å². The van der Waals surface area contributed by atoms with Gasteiger partial charge in [0.1, 0.15) is 5.82 Å². The molecular weight excluding hydrogens is 136 g/mol. The molecular formula is C9H10N2. The van der Waals surface area contributed by atoms with Gasteiger partial charge in [-0.2, -0.15) is 0 Å². The zero-order valence-corrected chi connectivity index (χ0v) is 6.33. The maximum absolute atomic E-state index is 4.23. The quantitative estimate of drug-likeness (QED) is 0.637. The van der Waals surface area contributed by atoms with Crippen LogP contribution in [-0.4, -0.2) is 9.97 Å². The minimum atomic E-state index is 0.647. The molecule has 1 aromatic rings. The molecule has 1 aromatic heterocycles. The van der Waals surface area contributed by atoms with E-state index in [4.69, 9.17) is 0 Å². The summed E-state index contributed by atoms with van der Waals surface area (Å²) in [5.41, 5.74) is 0.995. The first-order chi connectivity index (χ1) is 5.40. The Bertz CT molecular complexity index is 259. The maximum atomic E-state index is 4.23. The monoisotopic (exact) mass is 146 g/mol. The van der Waals surface area contributed by atoms with Gasteiger partial charge >= 0.3 is 0 Å². The molecule has 0 radical (unpaired) electrons. The van der Waals surface area contributed by atoms with Crippen molar-refractivity contribution in [1.29, 1.82) is 0 Å². The molecule has 1 saturated carbocycles. The number of nitrogens with zero attached hydrogens (tertiary/aromatic N) is 2. The van der Waals surface area contributed by atoms with Crippen LogP contribution in [0.2, 0.25) is 0 Å². The Balaban J connectivity index is 2.25. The van der Waals surface area contributed by atoms with Crippen LogP contribution in [0.1, 0.15) is 30.1 Å². The van der Waals surface area contributed by atoms with Crippen LogP contribution in [-0.2, 0) is 0 Å². The van der Waals surface area contributed by atoms with Gasteiger partial charge in [-0.25, -0.2) is 9.97 Å². The van der Waals surface area contributed by atoms with Crippen molar-refractivity contribution in [1.82, 2.24) is 9.97 Å². The van der Waals surface area contributed by atoms with E-state index >= 15 is 0 Å². The number of aromatic nitrogens is 2. The lowest BCUT2D eigenvalue weighted by Gasteiger charge is -1.95. The minimum absolute atomic E-state index is 0.647. The molecule has 0 aliphatic heterocycles. The molecule has 56 valence electrons. The number of hydrogen-bond donors (Lipinski definition) is 0. The van der Waals surface area contributed by atoms with E-state index in [0.29, 0.717) is 5.92 Å². The highest BCUT2D eigenvalue weighted by atomic mass is 14.9. The van der Waals surface area contributed by atoms with Crippen molar-refractivity contribution in [3.05, 3.63) is 30.4 Å². The lowest BCUT2D eigenvalue weighted by Crippen LogP contribution is -1.90. The van der Waals surface area contributed by atoms with Gasteiger partial charge in [0, 0.05) is 23.9 Å². The molecule has 1 fully saturated rings. The second kappa shape index (κ2) is 2.46. The summed E-state index contributed by atoms with van der Waals surface area (Å²) in [6.45, 7) is 3.64. The van der Waals surface area contributed by atoms with Gasteiger partial charge in [0.15, 0.2) is 0 Å². The molecule has 0 aromatic carbocycles. The average molecular weight is 146 g/mol. The van der Waals surface area contributed by atoms with E-state index in [9.17, 15) is 0 Å². The lowest BCUT2D eigenvalue weighted by molar-refractivity contribution is 0.924. The van der Waals surface area contributed by atoms with E-state index in [2.05, 4.69) is 16.5 Å². The smallest absolute Gasteiger partial charge is 0.131 e. The Hall–Kier alpha value is -1.18. The van der Waals surface area contributed by atoms with Crippen molar-refractivity contribution in [3.63, 3.8) is 0 Å². The van der Waals surface area contributed by atoms with E-state index < -0.39 is 0 Å². The molecule has 0 unspecified atom stereocenters. The molecule has 0 amide bonds. The summed E-state index contributed by atoms with van der Waals surface area (Å²) in [5.74, 6) is 1.64. The summed E-state index contributed by atoms with van der Waals surface area (Å²) in [6.07, 6.45) is 7.93. The summed E-state index contributed by atoms with van der Waals surface area (Å²) < 4.78 is 0. The van der Waals surface area contributed by atoms with Crippen LogP contribution in [0.15, 0.2) is 19.0 Å². The first kappa shape index (κ1) is 6.53. The summed E-state index contributed by atoms with van der Waals surface area (Å²) >= 11 is 0. The van der Waals surface area contributed by atoms with Crippen molar-refractivity contribution in [2.75, 3.05) is 0 Å². The van der Waals surface area contributed by atoms with Crippen molar-refractivity contribution in [3.8, 4) is 0 Å². The van der Waals surface area contributed by atoms with E-state index in [0.717, 1.165) is 11.4 Å². The van der Waals surface area contributed by atoms with Crippen LogP contribution in [0.5, 0.6) is 0 Å². The fraction of sp³-hybridized carbons (Fsp3) is 0.333. The van der Waals surface area contributed by atoms with Crippen LogP contribution in [0.4, 0.5) is 0 Å². The van der Waals surface area contributed by atoms with E-state index in [1.54, 1.807) is 6.08 Å². The Morgan fingerprint density at radius 2 is 2.00 bits per heavy atom. The molecule has 0 spiro atoms. The Kier molecular flexibility index (Phi) is 1.46. The summed E-state index contributed by atoms with van der Waals surface area (Å²) in [5, 5.41) is 0. The molecule has 0 atom stereocenters. The molecule has 0 bridgehead atoms. The Labute approximate surface area is 66.0 Å². The maximum Gasteiger partial charge on any atom is 0.131 e. The van der Waals surface area contributed by atoms with Gasteiger partial charge in [0.2, 0.25) is 0 Å². The number of hydrogen-bond acceptors (Lipinski definition) is 2. The largest absolute Gasteiger partial charge is 0.240 e. The highest BCUT2D eigenvalue weighted by Crippen LogP contribution is 2.37. The van der Waals surface area contributed by atoms with Gasteiger partial charge in [-0.1, -0.05) is 12.7 Å². The third kappa shape index (κ3) is 1.29. The van der Waals surface area contributed by atoms with E-state index in [1.165, 1.54) is 12.8 Å². The Morgan fingerprint density at radius 1 is 1.36 bits per heavy atom. The van der Waals surface area contributed by atoms with Crippen LogP contribution in [0, 0.1) is 0 Å². The molecule has 2 heteroatoms. The van der Waals surface area contributed by atoms with Gasteiger partial charge in [0.05, 0.1) is 0 Å². The fourth-order valence-corrected chi connectivity index (χ4v) is 1.01. The van der Waals surface area contributed by atoms with Crippen molar-refractivity contribution >= 4 is 6.08 Å². The van der Waals surface area contributed by atoms with Crippen LogP contribution in [0.3, 0.4) is 0 Å². The normalized spacial score (nSPS) is 16.4. The van der Waals surface area contributed by atoms with Crippen molar-refractivity contribution in [2.45, 2.75) is 18.8 Å². The van der Waals surface area contributed by atoms with Gasteiger partial charge in [-0.05, 0) is 12.8 Å². The first-order valence-corrected chi connectivity index (χ1v) is 3.84. The SMILES string of the molecule is C=Cc1cnc(C2CC2)nc1.